The summed E-state index contributed by atoms with van der Waals surface area (Å²) in [7, 11) is -0.352. The molecule has 0 aliphatic carbocycles. The van der Waals surface area contributed by atoms with Crippen LogP contribution in [0.1, 0.15) is 33.3 Å². The van der Waals surface area contributed by atoms with E-state index in [0.717, 1.165) is 11.0 Å². The zero-order valence-electron chi connectivity index (χ0n) is 11.2. The van der Waals surface area contributed by atoms with E-state index in [1.54, 1.807) is 0 Å². The minimum atomic E-state index is -0.352. The van der Waals surface area contributed by atoms with Crippen LogP contribution in [-0.4, -0.2) is 29.7 Å². The second-order valence-corrected chi connectivity index (χ2v) is 5.50. The SMILES string of the molecule is CC1(C)OB(c2ccc(/C=N/O)cc2)OC1(C)C. The van der Waals surface area contributed by atoms with Gasteiger partial charge < -0.3 is 14.5 Å². The second-order valence-electron chi connectivity index (χ2n) is 5.50. The van der Waals surface area contributed by atoms with Crippen LogP contribution in [0.15, 0.2) is 29.4 Å². The lowest BCUT2D eigenvalue weighted by Gasteiger charge is -2.32. The summed E-state index contributed by atoms with van der Waals surface area (Å²) in [6, 6.07) is 7.55. The van der Waals surface area contributed by atoms with Crippen molar-refractivity contribution in [3.63, 3.8) is 0 Å². The first-order valence-corrected chi connectivity index (χ1v) is 5.99. The molecular weight excluding hydrogens is 229 g/mol. The Balaban J connectivity index is 2.19. The number of nitrogens with zero attached hydrogens (tertiary/aromatic N) is 1. The predicted molar refractivity (Wildman–Crippen MR) is 71.5 cm³/mol. The lowest BCUT2D eigenvalue weighted by atomic mass is 9.79. The zero-order valence-corrected chi connectivity index (χ0v) is 11.2. The van der Waals surface area contributed by atoms with Gasteiger partial charge in [-0.25, -0.2) is 0 Å². The summed E-state index contributed by atoms with van der Waals surface area (Å²) in [6.07, 6.45) is 1.38. The standard InChI is InChI=1S/C13H18BNO3/c1-12(2)13(3,4)18-14(17-12)11-7-5-10(6-8-11)9-15-16/h5-9,16H,1-4H3/b15-9+. The molecule has 0 unspecified atom stereocenters. The first-order chi connectivity index (χ1) is 8.36. The molecule has 1 fully saturated rings. The fourth-order valence-electron chi connectivity index (χ4n) is 1.79. The quantitative estimate of drug-likeness (QED) is 0.375. The fourth-order valence-corrected chi connectivity index (χ4v) is 1.79. The Kier molecular flexibility index (Phi) is 3.21. The molecule has 5 heteroatoms. The molecule has 1 saturated heterocycles. The molecule has 0 spiro atoms. The topological polar surface area (TPSA) is 51.0 Å². The molecule has 18 heavy (non-hydrogen) atoms. The summed E-state index contributed by atoms with van der Waals surface area (Å²) < 4.78 is 11.9. The average Bonchev–Trinajstić information content (AvgIpc) is 2.50. The lowest BCUT2D eigenvalue weighted by molar-refractivity contribution is 0.00578. The van der Waals surface area contributed by atoms with Crippen LogP contribution in [0.25, 0.3) is 0 Å². The van der Waals surface area contributed by atoms with Crippen LogP contribution in [0.2, 0.25) is 0 Å². The Morgan fingerprint density at radius 1 is 1.06 bits per heavy atom. The molecule has 1 aliphatic heterocycles. The van der Waals surface area contributed by atoms with Gasteiger partial charge in [0.2, 0.25) is 0 Å². The summed E-state index contributed by atoms with van der Waals surface area (Å²) in [4.78, 5) is 0. The zero-order chi connectivity index (χ0) is 13.4. The van der Waals surface area contributed by atoms with Gasteiger partial charge in [0, 0.05) is 0 Å². The number of hydrogen-bond acceptors (Lipinski definition) is 4. The molecule has 1 aliphatic rings. The molecule has 0 radical (unpaired) electrons. The summed E-state index contributed by atoms with van der Waals surface area (Å²) in [5.41, 5.74) is 1.13. The van der Waals surface area contributed by atoms with E-state index in [1.165, 1.54) is 6.21 Å². The maximum atomic E-state index is 8.46. The largest absolute Gasteiger partial charge is 0.494 e. The van der Waals surface area contributed by atoms with E-state index in [-0.39, 0.29) is 18.3 Å². The minimum absolute atomic E-state index is 0.330. The molecule has 0 amide bonds. The molecule has 1 heterocycles. The Bertz CT molecular complexity index is 438. The van der Waals surface area contributed by atoms with Crippen molar-refractivity contribution >= 4 is 18.8 Å². The summed E-state index contributed by atoms with van der Waals surface area (Å²) in [5.74, 6) is 0. The summed E-state index contributed by atoms with van der Waals surface area (Å²) >= 11 is 0. The fraction of sp³-hybridized carbons (Fsp3) is 0.462. The van der Waals surface area contributed by atoms with Gasteiger partial charge >= 0.3 is 7.12 Å². The number of hydrogen-bond donors (Lipinski definition) is 1. The van der Waals surface area contributed by atoms with Gasteiger partial charge in [0.25, 0.3) is 0 Å². The van der Waals surface area contributed by atoms with Gasteiger partial charge in [-0.15, -0.1) is 0 Å². The number of benzene rings is 1. The predicted octanol–water partition coefficient (Wildman–Crippen LogP) is 1.79. The van der Waals surface area contributed by atoms with E-state index >= 15 is 0 Å². The van der Waals surface area contributed by atoms with Gasteiger partial charge in [-0.2, -0.15) is 0 Å². The monoisotopic (exact) mass is 247 g/mol. The Labute approximate surface area is 108 Å². The van der Waals surface area contributed by atoms with E-state index in [9.17, 15) is 0 Å². The van der Waals surface area contributed by atoms with Crippen molar-refractivity contribution in [1.29, 1.82) is 0 Å². The van der Waals surface area contributed by atoms with Crippen molar-refractivity contribution in [3.05, 3.63) is 29.8 Å². The lowest BCUT2D eigenvalue weighted by Crippen LogP contribution is -2.41. The third-order valence-electron chi connectivity index (χ3n) is 3.67. The van der Waals surface area contributed by atoms with Gasteiger partial charge in [0.05, 0.1) is 17.4 Å². The highest BCUT2D eigenvalue weighted by Gasteiger charge is 2.51. The average molecular weight is 247 g/mol. The van der Waals surface area contributed by atoms with E-state index in [2.05, 4.69) is 5.16 Å². The molecule has 1 aromatic carbocycles. The Morgan fingerprint density at radius 2 is 1.56 bits per heavy atom. The van der Waals surface area contributed by atoms with Crippen LogP contribution in [0.4, 0.5) is 0 Å². The van der Waals surface area contributed by atoms with Gasteiger partial charge in [-0.3, -0.25) is 0 Å². The third kappa shape index (κ3) is 2.28. The maximum absolute atomic E-state index is 8.46. The highest BCUT2D eigenvalue weighted by molar-refractivity contribution is 6.62. The van der Waals surface area contributed by atoms with Crippen molar-refractivity contribution in [2.45, 2.75) is 38.9 Å². The highest BCUT2D eigenvalue weighted by Crippen LogP contribution is 2.36. The highest BCUT2D eigenvalue weighted by atomic mass is 16.7. The van der Waals surface area contributed by atoms with Crippen molar-refractivity contribution < 1.29 is 14.5 Å². The van der Waals surface area contributed by atoms with Crippen LogP contribution < -0.4 is 5.46 Å². The van der Waals surface area contributed by atoms with Crippen molar-refractivity contribution in [2.75, 3.05) is 0 Å². The van der Waals surface area contributed by atoms with Crippen LogP contribution in [0.5, 0.6) is 0 Å². The molecule has 0 saturated carbocycles. The molecule has 96 valence electrons. The van der Waals surface area contributed by atoms with E-state index in [0.29, 0.717) is 0 Å². The normalized spacial score (nSPS) is 21.7. The van der Waals surface area contributed by atoms with Crippen molar-refractivity contribution in [3.8, 4) is 0 Å². The van der Waals surface area contributed by atoms with Crippen LogP contribution in [-0.2, 0) is 9.31 Å². The van der Waals surface area contributed by atoms with Gasteiger partial charge in [0.1, 0.15) is 0 Å². The van der Waals surface area contributed by atoms with Crippen molar-refractivity contribution in [2.24, 2.45) is 5.16 Å². The maximum Gasteiger partial charge on any atom is 0.494 e. The van der Waals surface area contributed by atoms with Crippen LogP contribution >= 0.6 is 0 Å². The van der Waals surface area contributed by atoms with Gasteiger partial charge in [-0.1, -0.05) is 29.4 Å². The molecular formula is C13H18BNO3. The van der Waals surface area contributed by atoms with Gasteiger partial charge in [-0.05, 0) is 38.7 Å². The summed E-state index contributed by atoms with van der Waals surface area (Å²) in [6.45, 7) is 8.11. The Morgan fingerprint density at radius 3 is 2.00 bits per heavy atom. The van der Waals surface area contributed by atoms with E-state index in [4.69, 9.17) is 14.5 Å². The first-order valence-electron chi connectivity index (χ1n) is 5.99. The van der Waals surface area contributed by atoms with Gasteiger partial charge in [0.15, 0.2) is 0 Å². The molecule has 1 aromatic rings. The van der Waals surface area contributed by atoms with E-state index < -0.39 is 0 Å². The smallest absolute Gasteiger partial charge is 0.411 e. The molecule has 1 N–H and O–H groups in total. The number of rotatable bonds is 2. The summed E-state index contributed by atoms with van der Waals surface area (Å²) in [5, 5.41) is 11.4. The molecule has 0 bridgehead atoms. The van der Waals surface area contributed by atoms with Crippen LogP contribution in [0.3, 0.4) is 0 Å². The molecule has 0 atom stereocenters. The second kappa shape index (κ2) is 4.41. The van der Waals surface area contributed by atoms with Crippen molar-refractivity contribution in [1.82, 2.24) is 0 Å². The Hall–Kier alpha value is -1.33. The molecule has 2 rings (SSSR count). The first kappa shape index (κ1) is 13.1. The molecule has 4 nitrogen and oxygen atoms in total. The third-order valence-corrected chi connectivity index (χ3v) is 3.67. The molecule has 0 aromatic heterocycles. The van der Waals surface area contributed by atoms with E-state index in [1.807, 2.05) is 52.0 Å². The van der Waals surface area contributed by atoms with Crippen LogP contribution in [0, 0.1) is 0 Å². The number of oxime groups is 1. The minimum Gasteiger partial charge on any atom is -0.411 e.